The molecule has 0 saturated heterocycles. The Labute approximate surface area is 75.9 Å². The lowest BCUT2D eigenvalue weighted by Crippen LogP contribution is -2.32. The molecule has 1 nitrogen and oxygen atoms in total. The molecule has 1 N–H and O–H groups in total. The third-order valence-electron chi connectivity index (χ3n) is 3.55. The van der Waals surface area contributed by atoms with Gasteiger partial charge < -0.3 is 5.32 Å². The molecule has 0 aromatic rings. The predicted molar refractivity (Wildman–Crippen MR) is 52.1 cm³/mol. The quantitative estimate of drug-likeness (QED) is 0.663. The number of nitrogens with one attached hydrogen (secondary N) is 1. The minimum atomic E-state index is 0.845. The van der Waals surface area contributed by atoms with Gasteiger partial charge in [0.2, 0.25) is 0 Å². The first-order chi connectivity index (χ1) is 5.81. The van der Waals surface area contributed by atoms with Gasteiger partial charge in [-0.05, 0) is 50.0 Å². The molecule has 0 aromatic heterocycles. The maximum Gasteiger partial charge on any atom is 0.00928 e. The van der Waals surface area contributed by atoms with Gasteiger partial charge in [0, 0.05) is 6.04 Å². The highest BCUT2D eigenvalue weighted by atomic mass is 14.9. The van der Waals surface area contributed by atoms with Gasteiger partial charge in [-0.15, -0.1) is 0 Å². The molecule has 0 amide bonds. The molecule has 0 aromatic carbocycles. The van der Waals surface area contributed by atoms with Crippen molar-refractivity contribution in [3.05, 3.63) is 0 Å². The summed E-state index contributed by atoms with van der Waals surface area (Å²) in [5.74, 6) is 3.05. The zero-order chi connectivity index (χ0) is 8.55. The van der Waals surface area contributed by atoms with Crippen molar-refractivity contribution in [1.82, 2.24) is 5.32 Å². The third kappa shape index (κ3) is 2.01. The van der Waals surface area contributed by atoms with Crippen molar-refractivity contribution in [2.45, 2.75) is 45.6 Å². The van der Waals surface area contributed by atoms with Crippen LogP contribution >= 0.6 is 0 Å². The second kappa shape index (κ2) is 3.37. The van der Waals surface area contributed by atoms with Crippen LogP contribution in [0.15, 0.2) is 0 Å². The minimum Gasteiger partial charge on any atom is -0.313 e. The summed E-state index contributed by atoms with van der Waals surface area (Å²) in [5.41, 5.74) is 0. The van der Waals surface area contributed by atoms with Crippen molar-refractivity contribution in [2.75, 3.05) is 6.54 Å². The molecule has 0 bridgehead atoms. The van der Waals surface area contributed by atoms with Crippen LogP contribution in [0.5, 0.6) is 0 Å². The lowest BCUT2D eigenvalue weighted by Gasteiger charge is -2.15. The highest BCUT2D eigenvalue weighted by Crippen LogP contribution is 2.38. The fraction of sp³-hybridized carbons (Fsp3) is 1.00. The summed E-state index contributed by atoms with van der Waals surface area (Å²) < 4.78 is 0. The zero-order valence-corrected chi connectivity index (χ0v) is 8.34. The molecule has 0 heterocycles. The van der Waals surface area contributed by atoms with Gasteiger partial charge in [-0.2, -0.15) is 0 Å². The second-order valence-electron chi connectivity index (χ2n) is 4.73. The fourth-order valence-corrected chi connectivity index (χ4v) is 2.13. The van der Waals surface area contributed by atoms with E-state index in [0.29, 0.717) is 0 Å². The van der Waals surface area contributed by atoms with Crippen LogP contribution in [0.4, 0.5) is 0 Å². The van der Waals surface area contributed by atoms with E-state index < -0.39 is 0 Å². The summed E-state index contributed by atoms with van der Waals surface area (Å²) >= 11 is 0. The maximum absolute atomic E-state index is 3.72. The van der Waals surface area contributed by atoms with Crippen molar-refractivity contribution in [3.63, 3.8) is 0 Å². The molecule has 2 aliphatic carbocycles. The molecule has 2 fully saturated rings. The molecule has 1 heteroatoms. The van der Waals surface area contributed by atoms with Crippen LogP contribution in [0.2, 0.25) is 0 Å². The third-order valence-corrected chi connectivity index (χ3v) is 3.55. The van der Waals surface area contributed by atoms with E-state index in [1.165, 1.54) is 32.2 Å². The van der Waals surface area contributed by atoms with Crippen molar-refractivity contribution in [2.24, 2.45) is 17.8 Å². The van der Waals surface area contributed by atoms with Crippen LogP contribution < -0.4 is 5.32 Å². The monoisotopic (exact) mass is 167 g/mol. The number of hydrogen-bond acceptors (Lipinski definition) is 1. The van der Waals surface area contributed by atoms with Gasteiger partial charge in [-0.3, -0.25) is 0 Å². The Bertz CT molecular complexity index is 151. The standard InChI is InChI=1S/C11H21N/c1-3-11(9-4-5-9)12-7-10-6-8(10)2/h8-12H,3-7H2,1-2H3. The van der Waals surface area contributed by atoms with Crippen LogP contribution in [0.3, 0.4) is 0 Å². The second-order valence-corrected chi connectivity index (χ2v) is 4.73. The summed E-state index contributed by atoms with van der Waals surface area (Å²) in [6.07, 6.45) is 5.75. The molecule has 2 saturated carbocycles. The Morgan fingerprint density at radius 3 is 2.50 bits per heavy atom. The van der Waals surface area contributed by atoms with Gasteiger partial charge in [-0.25, -0.2) is 0 Å². The summed E-state index contributed by atoms with van der Waals surface area (Å²) in [6.45, 7) is 5.97. The molecular formula is C11H21N. The Balaban J connectivity index is 1.63. The highest BCUT2D eigenvalue weighted by molar-refractivity contribution is 4.89. The molecule has 12 heavy (non-hydrogen) atoms. The first kappa shape index (κ1) is 8.55. The van der Waals surface area contributed by atoms with E-state index in [4.69, 9.17) is 0 Å². The fourth-order valence-electron chi connectivity index (χ4n) is 2.13. The van der Waals surface area contributed by atoms with Crippen molar-refractivity contribution in [3.8, 4) is 0 Å². The van der Waals surface area contributed by atoms with Crippen LogP contribution in [-0.4, -0.2) is 12.6 Å². The van der Waals surface area contributed by atoms with Gasteiger partial charge in [0.15, 0.2) is 0 Å². The van der Waals surface area contributed by atoms with E-state index in [-0.39, 0.29) is 0 Å². The normalized spacial score (nSPS) is 36.5. The SMILES string of the molecule is CCC(NCC1CC1C)C1CC1. The van der Waals surface area contributed by atoms with Gasteiger partial charge in [0.1, 0.15) is 0 Å². The maximum atomic E-state index is 3.72. The van der Waals surface area contributed by atoms with Gasteiger partial charge in [0.25, 0.3) is 0 Å². The molecule has 2 aliphatic rings. The van der Waals surface area contributed by atoms with Gasteiger partial charge in [-0.1, -0.05) is 13.8 Å². The molecule has 70 valence electrons. The van der Waals surface area contributed by atoms with Crippen molar-refractivity contribution in [1.29, 1.82) is 0 Å². The average Bonchev–Trinajstić information content (AvgIpc) is 2.90. The first-order valence-corrected chi connectivity index (χ1v) is 5.54. The van der Waals surface area contributed by atoms with E-state index in [9.17, 15) is 0 Å². The largest absolute Gasteiger partial charge is 0.313 e. The summed E-state index contributed by atoms with van der Waals surface area (Å²) in [7, 11) is 0. The summed E-state index contributed by atoms with van der Waals surface area (Å²) in [4.78, 5) is 0. The van der Waals surface area contributed by atoms with Gasteiger partial charge >= 0.3 is 0 Å². The van der Waals surface area contributed by atoms with Crippen LogP contribution in [0.25, 0.3) is 0 Å². The van der Waals surface area contributed by atoms with Crippen LogP contribution in [0.1, 0.15) is 39.5 Å². The number of hydrogen-bond donors (Lipinski definition) is 1. The van der Waals surface area contributed by atoms with E-state index in [0.717, 1.165) is 23.8 Å². The lowest BCUT2D eigenvalue weighted by molar-refractivity contribution is 0.435. The van der Waals surface area contributed by atoms with E-state index in [1.807, 2.05) is 0 Å². The van der Waals surface area contributed by atoms with E-state index in [2.05, 4.69) is 19.2 Å². The van der Waals surface area contributed by atoms with E-state index in [1.54, 1.807) is 0 Å². The van der Waals surface area contributed by atoms with E-state index >= 15 is 0 Å². The summed E-state index contributed by atoms with van der Waals surface area (Å²) in [5, 5.41) is 3.72. The van der Waals surface area contributed by atoms with Gasteiger partial charge in [0.05, 0.1) is 0 Å². The molecular weight excluding hydrogens is 146 g/mol. The lowest BCUT2D eigenvalue weighted by atomic mass is 10.1. The molecule has 3 unspecified atom stereocenters. The predicted octanol–water partition coefficient (Wildman–Crippen LogP) is 2.42. The number of rotatable bonds is 5. The Morgan fingerprint density at radius 2 is 2.08 bits per heavy atom. The Kier molecular flexibility index (Phi) is 2.40. The minimum absolute atomic E-state index is 0.845. The zero-order valence-electron chi connectivity index (χ0n) is 8.34. The Morgan fingerprint density at radius 1 is 1.42 bits per heavy atom. The molecule has 2 rings (SSSR count). The van der Waals surface area contributed by atoms with Crippen molar-refractivity contribution >= 4 is 0 Å². The highest BCUT2D eigenvalue weighted by Gasteiger charge is 2.35. The average molecular weight is 167 g/mol. The summed E-state index contributed by atoms with van der Waals surface area (Å²) in [6, 6.07) is 0.845. The molecule has 0 radical (unpaired) electrons. The van der Waals surface area contributed by atoms with Crippen LogP contribution in [-0.2, 0) is 0 Å². The van der Waals surface area contributed by atoms with Crippen LogP contribution in [0, 0.1) is 17.8 Å². The topological polar surface area (TPSA) is 12.0 Å². The Hall–Kier alpha value is -0.0400. The molecule has 0 aliphatic heterocycles. The molecule has 3 atom stereocenters. The smallest absolute Gasteiger partial charge is 0.00928 e. The molecule has 0 spiro atoms. The van der Waals surface area contributed by atoms with Crippen molar-refractivity contribution < 1.29 is 0 Å². The first-order valence-electron chi connectivity index (χ1n) is 5.54.